The van der Waals surface area contributed by atoms with Gasteiger partial charge in [0, 0.05) is 6.61 Å². The lowest BCUT2D eigenvalue weighted by atomic mass is 10.0. The van der Waals surface area contributed by atoms with Crippen LogP contribution in [0, 0.1) is 5.92 Å². The quantitative estimate of drug-likeness (QED) is 0.694. The fourth-order valence-electron chi connectivity index (χ4n) is 2.21. The Labute approximate surface area is 118 Å². The number of rotatable bonds is 10. The van der Waals surface area contributed by atoms with Crippen LogP contribution in [-0.2, 0) is 17.8 Å². The number of ether oxygens (including phenoxy) is 1. The lowest BCUT2D eigenvalue weighted by Crippen LogP contribution is -2.09. The fourth-order valence-corrected chi connectivity index (χ4v) is 2.21. The summed E-state index contributed by atoms with van der Waals surface area (Å²) in [5.41, 5.74) is 8.10. The van der Waals surface area contributed by atoms with Crippen molar-refractivity contribution in [2.24, 2.45) is 11.7 Å². The molecule has 2 nitrogen and oxygen atoms in total. The van der Waals surface area contributed by atoms with Gasteiger partial charge in [-0.15, -0.1) is 0 Å². The minimum absolute atomic E-state index is 0.714. The van der Waals surface area contributed by atoms with Gasteiger partial charge in [0.05, 0.1) is 6.61 Å². The highest BCUT2D eigenvalue weighted by Gasteiger charge is 2.05. The monoisotopic (exact) mass is 263 g/mol. The summed E-state index contributed by atoms with van der Waals surface area (Å²) in [6.45, 7) is 6.83. The lowest BCUT2D eigenvalue weighted by Gasteiger charge is -2.14. The standard InChI is InChI=1S/C17H29NO/c1-3-5-6-15(4-2)13-19-14-17-9-7-16(8-10-17)11-12-18/h7-10,15H,3-6,11-14,18H2,1-2H3. The van der Waals surface area contributed by atoms with Crippen LogP contribution in [0.3, 0.4) is 0 Å². The normalized spacial score (nSPS) is 12.6. The molecular formula is C17H29NO. The van der Waals surface area contributed by atoms with Crippen molar-refractivity contribution in [1.82, 2.24) is 0 Å². The third kappa shape index (κ3) is 6.74. The molecule has 0 aromatic heterocycles. The van der Waals surface area contributed by atoms with E-state index in [0.29, 0.717) is 6.54 Å². The Morgan fingerprint density at radius 2 is 1.79 bits per heavy atom. The first kappa shape index (κ1) is 16.2. The second-order valence-corrected chi connectivity index (χ2v) is 5.29. The zero-order valence-electron chi connectivity index (χ0n) is 12.5. The molecule has 0 radical (unpaired) electrons. The van der Waals surface area contributed by atoms with Crippen molar-refractivity contribution in [2.75, 3.05) is 13.2 Å². The Morgan fingerprint density at radius 3 is 2.37 bits per heavy atom. The summed E-state index contributed by atoms with van der Waals surface area (Å²) in [6.07, 6.45) is 6.06. The molecule has 0 saturated heterocycles. The third-order valence-corrected chi connectivity index (χ3v) is 3.62. The molecule has 1 unspecified atom stereocenters. The molecule has 2 heteroatoms. The summed E-state index contributed by atoms with van der Waals surface area (Å²) in [7, 11) is 0. The highest BCUT2D eigenvalue weighted by molar-refractivity contribution is 5.22. The SMILES string of the molecule is CCCCC(CC)COCc1ccc(CCN)cc1. The number of hydrogen-bond donors (Lipinski definition) is 1. The van der Waals surface area contributed by atoms with Crippen LogP contribution in [0.25, 0.3) is 0 Å². The van der Waals surface area contributed by atoms with E-state index in [1.54, 1.807) is 0 Å². The molecule has 0 saturated carbocycles. The van der Waals surface area contributed by atoms with Crippen LogP contribution in [0.4, 0.5) is 0 Å². The van der Waals surface area contributed by atoms with Crippen molar-refractivity contribution in [3.8, 4) is 0 Å². The summed E-state index contributed by atoms with van der Waals surface area (Å²) < 4.78 is 5.84. The smallest absolute Gasteiger partial charge is 0.0717 e. The molecule has 0 heterocycles. The Bertz CT molecular complexity index is 321. The van der Waals surface area contributed by atoms with Gasteiger partial charge in [-0.25, -0.2) is 0 Å². The summed E-state index contributed by atoms with van der Waals surface area (Å²) in [4.78, 5) is 0. The molecular weight excluding hydrogens is 234 g/mol. The van der Waals surface area contributed by atoms with Gasteiger partial charge in [-0.1, -0.05) is 57.4 Å². The third-order valence-electron chi connectivity index (χ3n) is 3.62. The van der Waals surface area contributed by atoms with Crippen LogP contribution >= 0.6 is 0 Å². The van der Waals surface area contributed by atoms with Crippen LogP contribution < -0.4 is 5.73 Å². The number of nitrogens with two attached hydrogens (primary N) is 1. The van der Waals surface area contributed by atoms with Gasteiger partial charge in [0.15, 0.2) is 0 Å². The molecule has 2 N–H and O–H groups in total. The second kappa shape index (κ2) is 9.99. The Hall–Kier alpha value is -0.860. The fraction of sp³-hybridized carbons (Fsp3) is 0.647. The van der Waals surface area contributed by atoms with E-state index in [2.05, 4.69) is 38.1 Å². The van der Waals surface area contributed by atoms with E-state index < -0.39 is 0 Å². The molecule has 0 amide bonds. The average molecular weight is 263 g/mol. The van der Waals surface area contributed by atoms with E-state index in [9.17, 15) is 0 Å². The molecule has 1 rings (SSSR count). The lowest BCUT2D eigenvalue weighted by molar-refractivity contribution is 0.0820. The summed E-state index contributed by atoms with van der Waals surface area (Å²) in [6, 6.07) is 8.61. The maximum absolute atomic E-state index is 5.84. The zero-order valence-corrected chi connectivity index (χ0v) is 12.5. The van der Waals surface area contributed by atoms with Gasteiger partial charge < -0.3 is 10.5 Å². The van der Waals surface area contributed by atoms with Crippen molar-refractivity contribution < 1.29 is 4.74 Å². The van der Waals surface area contributed by atoms with Crippen LogP contribution in [0.2, 0.25) is 0 Å². The Kier molecular flexibility index (Phi) is 8.52. The van der Waals surface area contributed by atoms with E-state index in [1.807, 2.05) is 0 Å². The molecule has 0 spiro atoms. The molecule has 19 heavy (non-hydrogen) atoms. The van der Waals surface area contributed by atoms with E-state index >= 15 is 0 Å². The molecule has 1 aromatic carbocycles. The molecule has 0 bridgehead atoms. The van der Waals surface area contributed by atoms with Crippen LogP contribution in [0.5, 0.6) is 0 Å². The molecule has 0 fully saturated rings. The summed E-state index contributed by atoms with van der Waals surface area (Å²) in [5, 5.41) is 0. The van der Waals surface area contributed by atoms with Crippen molar-refractivity contribution in [1.29, 1.82) is 0 Å². The van der Waals surface area contributed by atoms with Gasteiger partial charge in [-0.3, -0.25) is 0 Å². The number of hydrogen-bond acceptors (Lipinski definition) is 2. The number of benzene rings is 1. The van der Waals surface area contributed by atoms with Crippen molar-refractivity contribution in [3.05, 3.63) is 35.4 Å². The van der Waals surface area contributed by atoms with Crippen molar-refractivity contribution in [2.45, 2.75) is 52.6 Å². The first-order valence-electron chi connectivity index (χ1n) is 7.65. The van der Waals surface area contributed by atoms with Crippen LogP contribution in [-0.4, -0.2) is 13.2 Å². The van der Waals surface area contributed by atoms with E-state index in [0.717, 1.165) is 25.6 Å². The van der Waals surface area contributed by atoms with Crippen LogP contribution in [0.1, 0.15) is 50.7 Å². The van der Waals surface area contributed by atoms with Gasteiger partial charge >= 0.3 is 0 Å². The first-order chi connectivity index (χ1) is 9.30. The Morgan fingerprint density at radius 1 is 1.11 bits per heavy atom. The molecule has 1 atom stereocenters. The van der Waals surface area contributed by atoms with Crippen molar-refractivity contribution in [3.63, 3.8) is 0 Å². The Balaban J connectivity index is 2.27. The van der Waals surface area contributed by atoms with Gasteiger partial charge in [0.2, 0.25) is 0 Å². The summed E-state index contributed by atoms with van der Waals surface area (Å²) >= 11 is 0. The maximum Gasteiger partial charge on any atom is 0.0717 e. The van der Waals surface area contributed by atoms with Gasteiger partial charge in [-0.05, 0) is 36.4 Å². The second-order valence-electron chi connectivity index (χ2n) is 5.29. The van der Waals surface area contributed by atoms with Crippen molar-refractivity contribution >= 4 is 0 Å². The highest BCUT2D eigenvalue weighted by Crippen LogP contribution is 2.14. The topological polar surface area (TPSA) is 35.2 Å². The van der Waals surface area contributed by atoms with Crippen LogP contribution in [0.15, 0.2) is 24.3 Å². The van der Waals surface area contributed by atoms with E-state index in [-0.39, 0.29) is 0 Å². The maximum atomic E-state index is 5.84. The van der Waals surface area contributed by atoms with Gasteiger partial charge in [0.1, 0.15) is 0 Å². The molecule has 1 aromatic rings. The number of unbranched alkanes of at least 4 members (excludes halogenated alkanes) is 1. The predicted octanol–water partition coefficient (Wildman–Crippen LogP) is 3.92. The molecule has 0 aliphatic rings. The molecule has 0 aliphatic carbocycles. The zero-order chi connectivity index (χ0) is 13.9. The highest BCUT2D eigenvalue weighted by atomic mass is 16.5. The van der Waals surface area contributed by atoms with E-state index in [1.165, 1.54) is 36.8 Å². The first-order valence-corrected chi connectivity index (χ1v) is 7.65. The average Bonchev–Trinajstić information content (AvgIpc) is 2.44. The van der Waals surface area contributed by atoms with Gasteiger partial charge in [0.25, 0.3) is 0 Å². The van der Waals surface area contributed by atoms with E-state index in [4.69, 9.17) is 10.5 Å². The molecule has 108 valence electrons. The summed E-state index contributed by atoms with van der Waals surface area (Å²) in [5.74, 6) is 0.719. The van der Waals surface area contributed by atoms with Gasteiger partial charge in [-0.2, -0.15) is 0 Å². The minimum Gasteiger partial charge on any atom is -0.376 e. The predicted molar refractivity (Wildman–Crippen MR) is 82.2 cm³/mol. The largest absolute Gasteiger partial charge is 0.376 e. The molecule has 0 aliphatic heterocycles. The minimum atomic E-state index is 0.714.